The molecule has 7 saturated heterocycles. The third-order valence-corrected chi connectivity index (χ3v) is 18.4. The summed E-state index contributed by atoms with van der Waals surface area (Å²) >= 11 is 26.3. The van der Waals surface area contributed by atoms with Crippen LogP contribution in [0.1, 0.15) is 88.7 Å². The smallest absolute Gasteiger partial charge is 0.394 e. The predicted molar refractivity (Wildman–Crippen MR) is 372 cm³/mol. The van der Waals surface area contributed by atoms with Gasteiger partial charge in [0, 0.05) is 56.6 Å². The largest absolute Gasteiger partial charge is 0.491 e. The van der Waals surface area contributed by atoms with Crippen LogP contribution >= 0.6 is 60.5 Å². The summed E-state index contributed by atoms with van der Waals surface area (Å²) in [5.41, 5.74) is 2.91. The van der Waals surface area contributed by atoms with Crippen LogP contribution in [-0.4, -0.2) is 272 Å². The summed E-state index contributed by atoms with van der Waals surface area (Å²) in [5.74, 6) is -13.1. The number of amides is 2. The van der Waals surface area contributed by atoms with Gasteiger partial charge in [-0.05, 0) is 105 Å². The number of aromatic nitrogens is 8. The summed E-state index contributed by atoms with van der Waals surface area (Å²) in [6.45, 7) is 8.38. The van der Waals surface area contributed by atoms with Crippen molar-refractivity contribution in [2.75, 3.05) is 54.6 Å². The van der Waals surface area contributed by atoms with E-state index in [-0.39, 0.29) is 73.1 Å². The molecular weight excluding hydrogens is 1690 g/mol. The van der Waals surface area contributed by atoms with Crippen LogP contribution in [-0.2, 0) is 96.8 Å². The maximum Gasteiger partial charge on any atom is 0.491 e. The van der Waals surface area contributed by atoms with Gasteiger partial charge < -0.3 is 104 Å². The molecule has 11 rings (SSSR count). The lowest BCUT2D eigenvalue weighted by molar-refractivity contribution is -0.221. The SMILES string of the molecule is CC1(C)OC2[C@@H](CO)O[C@@H](n3cc(CCl)c(=O)[nH]c3=S)[C@H]2O1.CN.CN(Cc1cn([C@@H]2O[C@H](CO)C(O)[C@@H]2O)c(=S)[nH]c1=O)C(=O)C(F)(F)F.CN(Cc1cn([C@@H]2O[C@H](CO)C3OC(C)(C)O[C@@H]32)c(=S)[nH]c1=O)C(=O)C(F)(F)F.CNCc1cn([C@@H]2O[C@H](CO)C3OC(C)(C)O[C@@H]32)c(=S)[nH]c1=O.O=C(OC(=O)C(F)(F)F)C(F)(F)F. The third kappa shape index (κ3) is 23.6. The predicted octanol–water partition coefficient (Wildman–Crippen LogP) is 1.72. The highest BCUT2D eigenvalue weighted by Crippen LogP contribution is 2.46. The molecule has 4 aromatic heterocycles. The number of halogens is 13. The van der Waals surface area contributed by atoms with Gasteiger partial charge in [0.1, 0.15) is 73.2 Å². The third-order valence-electron chi connectivity index (χ3n) is 16.8. The molecule has 4 unspecified atom stereocenters. The zero-order chi connectivity index (χ0) is 87.2. The van der Waals surface area contributed by atoms with Crippen LogP contribution in [0.4, 0.5) is 52.7 Å². The number of nitrogens with two attached hydrogens (primary N) is 1. The van der Waals surface area contributed by atoms with Crippen molar-refractivity contribution in [2.24, 2.45) is 5.73 Å². The second-order valence-corrected chi connectivity index (χ2v) is 28.4. The van der Waals surface area contributed by atoms with Gasteiger partial charge in [-0.3, -0.25) is 67.0 Å². The van der Waals surface area contributed by atoms with E-state index in [1.807, 2.05) is 13.8 Å². The Morgan fingerprint density at radius 1 is 0.470 bits per heavy atom. The van der Waals surface area contributed by atoms with E-state index in [0.717, 1.165) is 24.9 Å². The summed E-state index contributed by atoms with van der Waals surface area (Å²) in [7, 11) is 5.06. The first kappa shape index (κ1) is 97.0. The maximum atomic E-state index is 12.6. The Kier molecular flexibility index (Phi) is 32.5. The van der Waals surface area contributed by atoms with Gasteiger partial charge in [-0.15, -0.1) is 11.6 Å². The molecule has 7 aliphatic rings. The minimum Gasteiger partial charge on any atom is -0.394 e. The number of aliphatic hydroxyl groups excluding tert-OH is 6. The molecule has 4 aromatic rings. The van der Waals surface area contributed by atoms with E-state index in [1.165, 1.54) is 17.8 Å². The number of nitrogens with zero attached hydrogens (tertiary/aromatic N) is 6. The number of nitrogens with one attached hydrogen (secondary N) is 5. The van der Waals surface area contributed by atoms with Crippen molar-refractivity contribution in [3.05, 3.63) is 108 Å². The number of rotatable bonds is 15. The van der Waals surface area contributed by atoms with Gasteiger partial charge in [0.25, 0.3) is 22.2 Å². The summed E-state index contributed by atoms with van der Waals surface area (Å²) in [5, 5.41) is 60.4. The Morgan fingerprint density at radius 3 is 1.00 bits per heavy atom. The number of esters is 2. The van der Waals surface area contributed by atoms with Gasteiger partial charge in [-0.25, -0.2) is 9.59 Å². The average Bonchev–Trinajstić information content (AvgIpc) is 1.61. The van der Waals surface area contributed by atoms with Crippen LogP contribution in [0.15, 0.2) is 44.0 Å². The standard InChI is InChI=1S/C16H20F3N3O6S.C14H21N3O5S.C13H17ClN2O5S.C13H16F3N3O6S.C4F6O3.CH5N/c1-15(2)27-9-8(6-23)26-12(10(9)28-15)22-5-7(11(24)20-14(22)29)4-21(3)13(25)16(17,18)19;1-14(2)21-9-8(6-18)20-12(10(9)22-14)17-5-7(4-15-3)11(19)16-13(17)23;1-13(2)20-8-7(5-17)19-11(9(8)21-13)16-4-6(3-14)10(18)15-12(16)22;1-18(11(24)13(14,15)16)2-5-3-19(12(26)17-9(5)23)10-8(22)7(21)6(4-20)25-10;5-3(6,7)1(11)13-2(12)4(8,9)10;1-2/h5,8-10,12,23H,4,6H2,1-3H3,(H,20,24,29);5,8-10,12,15,18H,4,6H2,1-3H3,(H,16,19,23);4,7-9,11,17H,3,5H2,1-2H3,(H,15,18,22);3,6-8,10,20-22H,2,4H2,1H3,(H,17,23,26);;2H2,1H3/t2*8-,9?,10+,12-;7-,8?,9+,11-;6-,7?,8+,10-;;/m1111../s1. The molecule has 0 saturated carbocycles. The summed E-state index contributed by atoms with van der Waals surface area (Å²) in [6, 6.07) is 0. The van der Waals surface area contributed by atoms with Crippen molar-refractivity contribution in [1.82, 2.24) is 53.3 Å². The normalized spacial score (nSPS) is 27.3. The molecule has 7 aliphatic heterocycles. The number of carbonyl (C=O) groups excluding carboxylic acids is 4. The van der Waals surface area contributed by atoms with Gasteiger partial charge in [-0.2, -0.15) is 52.7 Å². The Bertz CT molecular complexity index is 4590. The molecule has 2 amide bonds. The van der Waals surface area contributed by atoms with Crippen molar-refractivity contribution in [3.63, 3.8) is 0 Å². The number of H-pyrrole nitrogens is 4. The van der Waals surface area contributed by atoms with Gasteiger partial charge in [0.15, 0.2) is 61.4 Å². The first-order chi connectivity index (χ1) is 53.1. The second kappa shape index (κ2) is 38.5. The van der Waals surface area contributed by atoms with E-state index >= 15 is 0 Å². The number of carbonyl (C=O) groups is 4. The number of fused-ring (bicyclic) bond motifs is 3. The van der Waals surface area contributed by atoms with Gasteiger partial charge in [0.05, 0.1) is 56.5 Å². The molecule has 7 fully saturated rings. The molecular formula is C61H79ClF12N12O25S4. The zero-order valence-corrected chi connectivity index (χ0v) is 65.5. The van der Waals surface area contributed by atoms with Gasteiger partial charge in [-0.1, -0.05) is 0 Å². The lowest BCUT2D eigenvalue weighted by Gasteiger charge is -2.25. The quantitative estimate of drug-likeness (QED) is 0.0265. The van der Waals surface area contributed by atoms with Gasteiger partial charge >= 0.3 is 48.5 Å². The number of aromatic amines is 4. The molecule has 0 spiro atoms. The van der Waals surface area contributed by atoms with E-state index in [0.29, 0.717) is 27.5 Å². The van der Waals surface area contributed by atoms with E-state index in [2.05, 4.69) is 35.7 Å². The Morgan fingerprint density at radius 2 is 0.730 bits per heavy atom. The van der Waals surface area contributed by atoms with Crippen molar-refractivity contribution in [2.45, 2.75) is 207 Å². The van der Waals surface area contributed by atoms with Crippen molar-refractivity contribution < 1.29 is 155 Å². The monoisotopic (exact) mass is 1770 g/mol. The summed E-state index contributed by atoms with van der Waals surface area (Å²) < 4.78 is 208. The van der Waals surface area contributed by atoms with E-state index in [1.54, 1.807) is 56.3 Å². The van der Waals surface area contributed by atoms with Crippen molar-refractivity contribution >= 4 is 84.2 Å². The Labute approximate surface area is 664 Å². The number of alkyl halides is 13. The molecule has 11 heterocycles. The molecule has 115 heavy (non-hydrogen) atoms. The Balaban J connectivity index is 0.000000226. The molecule has 0 radical (unpaired) electrons. The summed E-state index contributed by atoms with van der Waals surface area (Å²) in [4.78, 5) is 100. The molecule has 54 heteroatoms. The van der Waals surface area contributed by atoms with Crippen LogP contribution in [0.5, 0.6) is 0 Å². The molecule has 648 valence electrons. The fourth-order valence-electron chi connectivity index (χ4n) is 12.0. The van der Waals surface area contributed by atoms with Crippen LogP contribution in [0, 0.1) is 19.1 Å². The molecule has 37 nitrogen and oxygen atoms in total. The van der Waals surface area contributed by atoms with E-state index < -0.39 is 189 Å². The van der Waals surface area contributed by atoms with Crippen LogP contribution in [0.2, 0.25) is 0 Å². The molecule has 0 aliphatic carbocycles. The van der Waals surface area contributed by atoms with Gasteiger partial charge in [0.2, 0.25) is 0 Å². The first-order valence-electron chi connectivity index (χ1n) is 33.3. The van der Waals surface area contributed by atoms with Crippen LogP contribution in [0.3, 0.4) is 0 Å². The lowest BCUT2D eigenvalue weighted by atomic mass is 10.1. The first-order valence-corrected chi connectivity index (χ1v) is 35.4. The maximum absolute atomic E-state index is 12.6. The number of aliphatic hydroxyl groups is 6. The Hall–Kier alpha value is -6.79. The van der Waals surface area contributed by atoms with Crippen LogP contribution < -0.4 is 33.3 Å². The second-order valence-electron chi connectivity index (χ2n) is 26.6. The van der Waals surface area contributed by atoms with Crippen molar-refractivity contribution in [3.8, 4) is 0 Å². The highest BCUT2D eigenvalue weighted by Gasteiger charge is 2.59. The summed E-state index contributed by atoms with van der Waals surface area (Å²) in [6.07, 6.45) is -28.0. The molecule has 16 atom stereocenters. The van der Waals surface area contributed by atoms with Crippen LogP contribution in [0.25, 0.3) is 0 Å². The number of hydrogen-bond acceptors (Lipinski definition) is 31. The number of hydrogen-bond donors (Lipinski definition) is 12. The average molecular weight is 1770 g/mol. The fraction of sp³-hybridized carbons (Fsp3) is 0.672. The molecule has 13 N–H and O–H groups in total. The molecule has 0 bridgehead atoms. The zero-order valence-electron chi connectivity index (χ0n) is 61.5. The fourth-order valence-corrected chi connectivity index (χ4v) is 13.2. The highest BCUT2D eigenvalue weighted by atomic mass is 35.5. The minimum atomic E-state index is -5.62. The lowest BCUT2D eigenvalue weighted by Crippen LogP contribution is -2.39. The van der Waals surface area contributed by atoms with Crippen molar-refractivity contribution in [1.29, 1.82) is 0 Å². The molecule has 0 aromatic carbocycles. The highest BCUT2D eigenvalue weighted by molar-refractivity contribution is 7.71. The van der Waals surface area contributed by atoms with E-state index in [9.17, 15) is 117 Å². The number of ether oxygens (including phenoxy) is 11. The minimum absolute atomic E-state index is 0.0536. The topological polar surface area (TPSA) is 487 Å². The van der Waals surface area contributed by atoms with E-state index in [4.69, 9.17) is 113 Å².